The van der Waals surface area contributed by atoms with Gasteiger partial charge in [0.2, 0.25) is 0 Å². The molecule has 2 atom stereocenters. The van der Waals surface area contributed by atoms with Crippen LogP contribution >= 0.6 is 0 Å². The first-order valence-corrected chi connectivity index (χ1v) is 8.40. The lowest BCUT2D eigenvalue weighted by Gasteiger charge is -2.21. The summed E-state index contributed by atoms with van der Waals surface area (Å²) in [6.45, 7) is 0. The van der Waals surface area contributed by atoms with E-state index in [0.717, 1.165) is 18.0 Å². The van der Waals surface area contributed by atoms with Crippen molar-refractivity contribution in [3.05, 3.63) is 29.8 Å². The molecule has 0 spiro atoms. The second kappa shape index (κ2) is 6.62. The standard InChI is InChI=1S/C18H28N2/c1-19-15-11-9-14(10-12-15)17-13-18(17)20-16-7-5-3-2-4-6-8-16/h9-12,16-20H,2-8,13H2,1H3. The van der Waals surface area contributed by atoms with Crippen LogP contribution in [-0.2, 0) is 0 Å². The highest BCUT2D eigenvalue weighted by molar-refractivity contribution is 5.45. The third kappa shape index (κ3) is 3.54. The third-order valence-corrected chi connectivity index (χ3v) is 4.97. The van der Waals surface area contributed by atoms with Crippen molar-refractivity contribution < 1.29 is 0 Å². The molecule has 0 amide bonds. The lowest BCUT2D eigenvalue weighted by molar-refractivity contribution is 0.386. The van der Waals surface area contributed by atoms with E-state index in [4.69, 9.17) is 0 Å². The number of nitrogens with one attached hydrogen (secondary N) is 2. The fraction of sp³-hybridized carbons (Fsp3) is 0.667. The van der Waals surface area contributed by atoms with Gasteiger partial charge < -0.3 is 10.6 Å². The van der Waals surface area contributed by atoms with Gasteiger partial charge in [0.1, 0.15) is 0 Å². The molecular weight excluding hydrogens is 244 g/mol. The highest BCUT2D eigenvalue weighted by atomic mass is 15.0. The molecule has 20 heavy (non-hydrogen) atoms. The molecule has 1 aromatic rings. The van der Waals surface area contributed by atoms with E-state index in [-0.39, 0.29) is 0 Å². The van der Waals surface area contributed by atoms with Gasteiger partial charge in [0.25, 0.3) is 0 Å². The molecule has 2 aliphatic rings. The van der Waals surface area contributed by atoms with E-state index in [2.05, 4.69) is 34.9 Å². The smallest absolute Gasteiger partial charge is 0.0337 e. The second-order valence-corrected chi connectivity index (χ2v) is 6.53. The predicted octanol–water partition coefficient (Wildman–Crippen LogP) is 4.29. The molecule has 0 bridgehead atoms. The third-order valence-electron chi connectivity index (χ3n) is 4.97. The minimum Gasteiger partial charge on any atom is -0.388 e. The summed E-state index contributed by atoms with van der Waals surface area (Å²) < 4.78 is 0. The van der Waals surface area contributed by atoms with Gasteiger partial charge in [-0.05, 0) is 37.0 Å². The highest BCUT2D eigenvalue weighted by Gasteiger charge is 2.39. The lowest BCUT2D eigenvalue weighted by atomic mass is 9.96. The second-order valence-electron chi connectivity index (χ2n) is 6.53. The number of hydrogen-bond donors (Lipinski definition) is 2. The minimum absolute atomic E-state index is 0.736. The molecule has 2 heteroatoms. The van der Waals surface area contributed by atoms with Gasteiger partial charge in [0.05, 0.1) is 0 Å². The molecule has 110 valence electrons. The van der Waals surface area contributed by atoms with Crippen LogP contribution in [0.2, 0.25) is 0 Å². The molecule has 2 unspecified atom stereocenters. The summed E-state index contributed by atoms with van der Waals surface area (Å²) in [6, 6.07) is 10.5. The van der Waals surface area contributed by atoms with Gasteiger partial charge in [-0.15, -0.1) is 0 Å². The Kier molecular flexibility index (Phi) is 4.62. The Balaban J connectivity index is 1.50. The largest absolute Gasteiger partial charge is 0.388 e. The zero-order valence-corrected chi connectivity index (χ0v) is 12.7. The average molecular weight is 272 g/mol. The Labute approximate surface area is 123 Å². The summed E-state index contributed by atoms with van der Waals surface area (Å²) >= 11 is 0. The van der Waals surface area contributed by atoms with Crippen molar-refractivity contribution in [3.63, 3.8) is 0 Å². The summed E-state index contributed by atoms with van der Waals surface area (Å²) in [7, 11) is 1.98. The van der Waals surface area contributed by atoms with Gasteiger partial charge in [0.15, 0.2) is 0 Å². The molecule has 2 N–H and O–H groups in total. The van der Waals surface area contributed by atoms with Crippen LogP contribution < -0.4 is 10.6 Å². The van der Waals surface area contributed by atoms with E-state index in [0.29, 0.717) is 0 Å². The summed E-state index contributed by atoms with van der Waals surface area (Å²) in [5.41, 5.74) is 2.71. The molecular formula is C18H28N2. The van der Waals surface area contributed by atoms with E-state index >= 15 is 0 Å². The maximum atomic E-state index is 3.92. The first-order chi connectivity index (χ1) is 9.86. The zero-order valence-electron chi connectivity index (χ0n) is 12.7. The molecule has 3 rings (SSSR count). The van der Waals surface area contributed by atoms with Crippen molar-refractivity contribution in [2.24, 2.45) is 0 Å². The molecule has 2 aliphatic carbocycles. The number of anilines is 1. The van der Waals surface area contributed by atoms with Crippen molar-refractivity contribution in [1.82, 2.24) is 5.32 Å². The van der Waals surface area contributed by atoms with Gasteiger partial charge in [-0.25, -0.2) is 0 Å². The first kappa shape index (κ1) is 13.9. The maximum absolute atomic E-state index is 3.92. The monoisotopic (exact) mass is 272 g/mol. The van der Waals surface area contributed by atoms with Gasteiger partial charge >= 0.3 is 0 Å². The van der Waals surface area contributed by atoms with Crippen LogP contribution in [-0.4, -0.2) is 19.1 Å². The van der Waals surface area contributed by atoms with Crippen LogP contribution in [0.25, 0.3) is 0 Å². The average Bonchev–Trinajstić information content (AvgIpc) is 3.21. The van der Waals surface area contributed by atoms with Crippen LogP contribution in [0.4, 0.5) is 5.69 Å². The zero-order chi connectivity index (χ0) is 13.8. The van der Waals surface area contributed by atoms with E-state index in [1.165, 1.54) is 62.6 Å². The van der Waals surface area contributed by atoms with E-state index in [1.54, 1.807) is 0 Å². The number of rotatable bonds is 4. The fourth-order valence-corrected chi connectivity index (χ4v) is 3.57. The first-order valence-electron chi connectivity index (χ1n) is 8.40. The lowest BCUT2D eigenvalue weighted by Crippen LogP contribution is -2.32. The Morgan fingerprint density at radius 1 is 0.900 bits per heavy atom. The molecule has 0 radical (unpaired) electrons. The Hall–Kier alpha value is -1.02. The molecule has 0 saturated heterocycles. The maximum Gasteiger partial charge on any atom is 0.0337 e. The highest BCUT2D eigenvalue weighted by Crippen LogP contribution is 2.41. The van der Waals surface area contributed by atoms with Gasteiger partial charge in [-0.2, -0.15) is 0 Å². The normalized spacial score (nSPS) is 27.6. The van der Waals surface area contributed by atoms with Crippen molar-refractivity contribution in [1.29, 1.82) is 0 Å². The Morgan fingerprint density at radius 2 is 1.55 bits per heavy atom. The SMILES string of the molecule is CNc1ccc(C2CC2NC2CCCCCCC2)cc1. The summed E-state index contributed by atoms with van der Waals surface area (Å²) in [5.74, 6) is 0.756. The minimum atomic E-state index is 0.736. The van der Waals surface area contributed by atoms with Gasteiger partial charge in [0, 0.05) is 30.7 Å². The van der Waals surface area contributed by atoms with Crippen molar-refractivity contribution >= 4 is 5.69 Å². The van der Waals surface area contributed by atoms with Crippen LogP contribution in [0.1, 0.15) is 62.8 Å². The van der Waals surface area contributed by atoms with E-state index < -0.39 is 0 Å². The van der Waals surface area contributed by atoms with E-state index in [1.807, 2.05) is 7.05 Å². The van der Waals surface area contributed by atoms with E-state index in [9.17, 15) is 0 Å². The van der Waals surface area contributed by atoms with Gasteiger partial charge in [-0.3, -0.25) is 0 Å². The molecule has 0 aliphatic heterocycles. The molecule has 2 fully saturated rings. The molecule has 1 aromatic carbocycles. The number of hydrogen-bond acceptors (Lipinski definition) is 2. The summed E-state index contributed by atoms with van der Waals surface area (Å²) in [6.07, 6.45) is 11.3. The van der Waals surface area contributed by atoms with Crippen LogP contribution in [0, 0.1) is 0 Å². The van der Waals surface area contributed by atoms with Crippen molar-refractivity contribution in [2.45, 2.75) is 69.4 Å². The van der Waals surface area contributed by atoms with Crippen LogP contribution in [0.5, 0.6) is 0 Å². The van der Waals surface area contributed by atoms with Crippen LogP contribution in [0.15, 0.2) is 24.3 Å². The molecule has 2 saturated carbocycles. The fourth-order valence-electron chi connectivity index (χ4n) is 3.57. The topological polar surface area (TPSA) is 24.1 Å². The summed E-state index contributed by atoms with van der Waals surface area (Å²) in [5, 5.41) is 7.11. The molecule has 0 heterocycles. The Morgan fingerprint density at radius 3 is 2.20 bits per heavy atom. The quantitative estimate of drug-likeness (QED) is 0.854. The Bertz CT molecular complexity index is 404. The predicted molar refractivity (Wildman–Crippen MR) is 86.4 cm³/mol. The number of benzene rings is 1. The van der Waals surface area contributed by atoms with Crippen molar-refractivity contribution in [2.75, 3.05) is 12.4 Å². The molecule has 2 nitrogen and oxygen atoms in total. The van der Waals surface area contributed by atoms with Crippen molar-refractivity contribution in [3.8, 4) is 0 Å². The molecule has 0 aromatic heterocycles. The van der Waals surface area contributed by atoms with Gasteiger partial charge in [-0.1, -0.05) is 44.2 Å². The van der Waals surface area contributed by atoms with Crippen LogP contribution in [0.3, 0.4) is 0 Å². The summed E-state index contributed by atoms with van der Waals surface area (Å²) in [4.78, 5) is 0.